The lowest BCUT2D eigenvalue weighted by Crippen LogP contribution is -2.08. The second kappa shape index (κ2) is 9.36. The van der Waals surface area contributed by atoms with E-state index in [0.29, 0.717) is 28.3 Å². The molecule has 0 aliphatic heterocycles. The Morgan fingerprint density at radius 1 is 1.19 bits per heavy atom. The van der Waals surface area contributed by atoms with Crippen LogP contribution in [0.5, 0.6) is 5.75 Å². The number of furan rings is 1. The molecule has 4 aromatic rings. The third-order valence-electron chi connectivity index (χ3n) is 4.51. The molecule has 158 valence electrons. The normalized spacial score (nSPS) is 10.9. The molecule has 9 heteroatoms. The number of rotatable bonds is 8. The number of carbonyl (C=O) groups is 1. The van der Waals surface area contributed by atoms with E-state index in [1.165, 1.54) is 37.1 Å². The SMILES string of the molecule is COc1ccc(F)cc1C(=O)CSc1nnc(-c2ccc(Cl)cc2)n1Cc1ccco1. The molecule has 4 rings (SSSR count). The topological polar surface area (TPSA) is 70.2 Å². The van der Waals surface area contributed by atoms with E-state index in [4.69, 9.17) is 20.8 Å². The van der Waals surface area contributed by atoms with Crippen molar-refractivity contribution in [2.24, 2.45) is 0 Å². The van der Waals surface area contributed by atoms with Gasteiger partial charge in [-0.3, -0.25) is 9.36 Å². The Morgan fingerprint density at radius 3 is 2.71 bits per heavy atom. The maximum atomic E-state index is 13.6. The molecular formula is C22H17ClFN3O3S. The minimum Gasteiger partial charge on any atom is -0.496 e. The van der Waals surface area contributed by atoms with Crippen LogP contribution in [0, 0.1) is 5.82 Å². The van der Waals surface area contributed by atoms with E-state index in [2.05, 4.69) is 10.2 Å². The average Bonchev–Trinajstić information content (AvgIpc) is 3.43. The Kier molecular flexibility index (Phi) is 6.39. The number of hydrogen-bond donors (Lipinski definition) is 0. The number of benzene rings is 2. The van der Waals surface area contributed by atoms with Gasteiger partial charge in [-0.05, 0) is 54.6 Å². The van der Waals surface area contributed by atoms with Crippen molar-refractivity contribution in [3.63, 3.8) is 0 Å². The molecule has 0 saturated carbocycles. The zero-order chi connectivity index (χ0) is 21.8. The van der Waals surface area contributed by atoms with E-state index in [9.17, 15) is 9.18 Å². The van der Waals surface area contributed by atoms with Gasteiger partial charge in [0.15, 0.2) is 16.8 Å². The highest BCUT2D eigenvalue weighted by Gasteiger charge is 2.19. The summed E-state index contributed by atoms with van der Waals surface area (Å²) in [5.41, 5.74) is 1.01. The summed E-state index contributed by atoms with van der Waals surface area (Å²) in [6, 6.07) is 14.8. The first-order chi connectivity index (χ1) is 15.0. The van der Waals surface area contributed by atoms with Crippen LogP contribution in [-0.4, -0.2) is 33.4 Å². The van der Waals surface area contributed by atoms with Crippen molar-refractivity contribution in [2.75, 3.05) is 12.9 Å². The standard InChI is InChI=1S/C22H17ClFN3O3S/c1-29-20-9-8-16(24)11-18(20)19(28)13-31-22-26-25-21(14-4-6-15(23)7-5-14)27(22)12-17-3-2-10-30-17/h2-11H,12-13H2,1H3. The van der Waals surface area contributed by atoms with Crippen LogP contribution in [-0.2, 0) is 6.54 Å². The zero-order valence-electron chi connectivity index (χ0n) is 16.4. The number of aromatic nitrogens is 3. The number of carbonyl (C=O) groups excluding carboxylic acids is 1. The van der Waals surface area contributed by atoms with Gasteiger partial charge in [0.2, 0.25) is 0 Å². The fourth-order valence-corrected chi connectivity index (χ4v) is 3.96. The molecular weight excluding hydrogens is 441 g/mol. The Balaban J connectivity index is 1.61. The summed E-state index contributed by atoms with van der Waals surface area (Å²) in [6.45, 7) is 0.387. The minimum atomic E-state index is -0.500. The van der Waals surface area contributed by atoms with Crippen LogP contribution >= 0.6 is 23.4 Å². The van der Waals surface area contributed by atoms with Gasteiger partial charge in [-0.1, -0.05) is 23.4 Å². The number of methoxy groups -OCH3 is 1. The van der Waals surface area contributed by atoms with Crippen LogP contribution in [0.4, 0.5) is 4.39 Å². The molecule has 6 nitrogen and oxygen atoms in total. The Labute approximate surface area is 187 Å². The van der Waals surface area contributed by atoms with Crippen molar-refractivity contribution < 1.29 is 18.3 Å². The summed E-state index contributed by atoms with van der Waals surface area (Å²) in [4.78, 5) is 12.7. The van der Waals surface area contributed by atoms with Gasteiger partial charge in [0.05, 0.1) is 31.2 Å². The van der Waals surface area contributed by atoms with Crippen LogP contribution in [0.3, 0.4) is 0 Å². The molecule has 0 aliphatic rings. The maximum Gasteiger partial charge on any atom is 0.192 e. The van der Waals surface area contributed by atoms with E-state index in [0.717, 1.165) is 11.3 Å². The zero-order valence-corrected chi connectivity index (χ0v) is 18.0. The highest BCUT2D eigenvalue weighted by atomic mass is 35.5. The third-order valence-corrected chi connectivity index (χ3v) is 5.73. The molecule has 0 spiro atoms. The van der Waals surface area contributed by atoms with Crippen molar-refractivity contribution in [3.05, 3.63) is 83.0 Å². The highest BCUT2D eigenvalue weighted by Crippen LogP contribution is 2.28. The first-order valence-corrected chi connectivity index (χ1v) is 10.6. The Morgan fingerprint density at radius 2 is 2.00 bits per heavy atom. The molecule has 31 heavy (non-hydrogen) atoms. The second-order valence-corrected chi connectivity index (χ2v) is 7.91. The fourth-order valence-electron chi connectivity index (χ4n) is 3.01. The molecule has 0 aliphatic carbocycles. The molecule has 0 bridgehead atoms. The predicted octanol–water partition coefficient (Wildman–Crippen LogP) is 5.36. The van der Waals surface area contributed by atoms with Crippen molar-refractivity contribution in [3.8, 4) is 17.1 Å². The molecule has 0 N–H and O–H groups in total. The van der Waals surface area contributed by atoms with E-state index < -0.39 is 5.82 Å². The largest absolute Gasteiger partial charge is 0.496 e. The summed E-state index contributed by atoms with van der Waals surface area (Å²) < 4.78 is 26.2. The van der Waals surface area contributed by atoms with Gasteiger partial charge in [0.25, 0.3) is 0 Å². The van der Waals surface area contributed by atoms with E-state index in [1.807, 2.05) is 22.8 Å². The summed E-state index contributed by atoms with van der Waals surface area (Å²) >= 11 is 7.21. The molecule has 0 atom stereocenters. The predicted molar refractivity (Wildman–Crippen MR) is 116 cm³/mol. The van der Waals surface area contributed by atoms with Gasteiger partial charge in [0.1, 0.15) is 17.3 Å². The van der Waals surface area contributed by atoms with Crippen molar-refractivity contribution in [2.45, 2.75) is 11.7 Å². The van der Waals surface area contributed by atoms with Gasteiger partial charge in [-0.2, -0.15) is 0 Å². The van der Waals surface area contributed by atoms with Gasteiger partial charge < -0.3 is 9.15 Å². The van der Waals surface area contributed by atoms with Crippen LogP contribution < -0.4 is 4.74 Å². The summed E-state index contributed by atoms with van der Waals surface area (Å²) in [5.74, 6) is 0.922. The Hall–Kier alpha value is -3.10. The first kappa shape index (κ1) is 21.1. The summed E-state index contributed by atoms with van der Waals surface area (Å²) in [6.07, 6.45) is 1.59. The van der Waals surface area contributed by atoms with Crippen LogP contribution in [0.15, 0.2) is 70.4 Å². The van der Waals surface area contributed by atoms with Gasteiger partial charge in [0, 0.05) is 10.6 Å². The fraction of sp³-hybridized carbons (Fsp3) is 0.136. The van der Waals surface area contributed by atoms with Crippen molar-refractivity contribution in [1.29, 1.82) is 0 Å². The molecule has 0 saturated heterocycles. The Bertz CT molecular complexity index is 1190. The number of nitrogens with zero attached hydrogens (tertiary/aromatic N) is 3. The number of halogens is 2. The molecule has 2 aromatic carbocycles. The van der Waals surface area contributed by atoms with Crippen LogP contribution in [0.2, 0.25) is 5.02 Å². The van der Waals surface area contributed by atoms with Crippen LogP contribution in [0.25, 0.3) is 11.4 Å². The summed E-state index contributed by atoms with van der Waals surface area (Å²) in [7, 11) is 1.44. The quantitative estimate of drug-likeness (QED) is 0.262. The molecule has 0 unspecified atom stereocenters. The van der Waals surface area contributed by atoms with E-state index in [-0.39, 0.29) is 17.1 Å². The van der Waals surface area contributed by atoms with Gasteiger partial charge >= 0.3 is 0 Å². The van der Waals surface area contributed by atoms with Gasteiger partial charge in [-0.25, -0.2) is 4.39 Å². The smallest absolute Gasteiger partial charge is 0.192 e. The molecule has 2 aromatic heterocycles. The number of thioether (sulfide) groups is 1. The third kappa shape index (κ3) is 4.81. The average molecular weight is 458 g/mol. The van der Waals surface area contributed by atoms with Gasteiger partial charge in [-0.15, -0.1) is 10.2 Å². The lowest BCUT2D eigenvalue weighted by Gasteiger charge is -2.10. The molecule has 0 radical (unpaired) electrons. The lowest BCUT2D eigenvalue weighted by atomic mass is 10.1. The van der Waals surface area contributed by atoms with Crippen molar-refractivity contribution >= 4 is 29.1 Å². The van der Waals surface area contributed by atoms with Crippen molar-refractivity contribution in [1.82, 2.24) is 14.8 Å². The maximum absolute atomic E-state index is 13.6. The van der Waals surface area contributed by atoms with E-state index in [1.54, 1.807) is 24.5 Å². The summed E-state index contributed by atoms with van der Waals surface area (Å²) in [5, 5.41) is 9.72. The highest BCUT2D eigenvalue weighted by molar-refractivity contribution is 7.99. The monoisotopic (exact) mass is 457 g/mol. The number of hydrogen-bond acceptors (Lipinski definition) is 6. The minimum absolute atomic E-state index is 0.0384. The first-order valence-electron chi connectivity index (χ1n) is 9.26. The van der Waals surface area contributed by atoms with Crippen LogP contribution in [0.1, 0.15) is 16.1 Å². The molecule has 0 amide bonds. The van der Waals surface area contributed by atoms with E-state index >= 15 is 0 Å². The number of ketones is 1. The molecule has 0 fully saturated rings. The molecule has 2 heterocycles. The lowest BCUT2D eigenvalue weighted by molar-refractivity contribution is 0.101. The second-order valence-electron chi connectivity index (χ2n) is 6.54. The number of ether oxygens (including phenoxy) is 1. The number of Topliss-reactive ketones (excluding diaryl/α,β-unsaturated/α-hetero) is 1.